The number of nitrogens with zero attached hydrogens (tertiary/aromatic N) is 2. The molecule has 0 atom stereocenters. The average Bonchev–Trinajstić information content (AvgIpc) is 2.73. The van der Waals surface area contributed by atoms with Crippen molar-refractivity contribution in [2.75, 3.05) is 18.0 Å². The maximum atomic E-state index is 11.4. The van der Waals surface area contributed by atoms with Crippen LogP contribution in [0.1, 0.15) is 18.4 Å². The number of ether oxygens (including phenoxy) is 1. The van der Waals surface area contributed by atoms with Crippen molar-refractivity contribution < 1.29 is 9.53 Å². The lowest BCUT2D eigenvalue weighted by Gasteiger charge is -2.31. The summed E-state index contributed by atoms with van der Waals surface area (Å²) >= 11 is 6.23. The van der Waals surface area contributed by atoms with E-state index in [1.54, 1.807) is 0 Å². The number of rotatable bonds is 5. The molecule has 2 N–H and O–H groups in total. The molecule has 0 aliphatic carbocycles. The Morgan fingerprint density at radius 2 is 1.89 bits per heavy atom. The van der Waals surface area contributed by atoms with Crippen molar-refractivity contribution in [1.29, 1.82) is 0 Å². The smallest absolute Gasteiger partial charge is 0.220 e. The van der Waals surface area contributed by atoms with Gasteiger partial charge in [-0.05, 0) is 37.1 Å². The summed E-state index contributed by atoms with van der Waals surface area (Å²) in [6, 6.07) is 17.6. The second-order valence-electron chi connectivity index (χ2n) is 7.04. The molecule has 28 heavy (non-hydrogen) atoms. The molecular formula is C22H22ClN3O2. The summed E-state index contributed by atoms with van der Waals surface area (Å²) < 4.78 is 6.05. The summed E-state index contributed by atoms with van der Waals surface area (Å²) in [6.45, 7) is 1.93. The van der Waals surface area contributed by atoms with Crippen LogP contribution in [0.15, 0.2) is 54.6 Å². The number of aromatic nitrogens is 1. The first-order chi connectivity index (χ1) is 13.6. The second kappa shape index (κ2) is 8.07. The van der Waals surface area contributed by atoms with Crippen molar-refractivity contribution in [3.63, 3.8) is 0 Å². The first kappa shape index (κ1) is 18.6. The summed E-state index contributed by atoms with van der Waals surface area (Å²) in [5, 5.41) is 1.71. The fraction of sp³-hybridized carbons (Fsp3) is 0.273. The Hall–Kier alpha value is -2.79. The lowest BCUT2D eigenvalue weighted by molar-refractivity contribution is -0.122. The maximum absolute atomic E-state index is 11.4. The standard InChI is InChI=1S/C22H22ClN3O2/c23-18-6-2-1-4-17(18)14-28-19-7-3-5-15-8-9-20(25-21(15)19)26-12-10-16(11-13-26)22(24)27/h1-9,16H,10-14H2,(H2,24,27). The second-order valence-corrected chi connectivity index (χ2v) is 7.45. The van der Waals surface area contributed by atoms with Crippen LogP contribution in [0.25, 0.3) is 10.9 Å². The molecule has 1 aliphatic heterocycles. The van der Waals surface area contributed by atoms with Gasteiger partial charge in [-0.25, -0.2) is 4.98 Å². The highest BCUT2D eigenvalue weighted by molar-refractivity contribution is 6.31. The van der Waals surface area contributed by atoms with E-state index >= 15 is 0 Å². The molecule has 144 valence electrons. The number of primary amides is 1. The molecule has 6 heteroatoms. The quantitative estimate of drug-likeness (QED) is 0.704. The number of halogens is 1. The number of benzene rings is 2. The zero-order valence-electron chi connectivity index (χ0n) is 15.5. The van der Waals surface area contributed by atoms with Gasteiger partial charge in [-0.2, -0.15) is 0 Å². The van der Waals surface area contributed by atoms with Gasteiger partial charge in [0.05, 0.1) is 0 Å². The molecule has 1 saturated heterocycles. The van der Waals surface area contributed by atoms with E-state index < -0.39 is 0 Å². The fourth-order valence-electron chi connectivity index (χ4n) is 3.57. The average molecular weight is 396 g/mol. The van der Waals surface area contributed by atoms with E-state index in [0.717, 1.165) is 54.0 Å². The molecule has 0 unspecified atom stereocenters. The van der Waals surface area contributed by atoms with Gasteiger partial charge in [-0.3, -0.25) is 4.79 Å². The topological polar surface area (TPSA) is 68.5 Å². The Balaban J connectivity index is 1.56. The highest BCUT2D eigenvalue weighted by atomic mass is 35.5. The van der Waals surface area contributed by atoms with Crippen LogP contribution in [0, 0.1) is 5.92 Å². The van der Waals surface area contributed by atoms with Crippen molar-refractivity contribution in [3.8, 4) is 5.75 Å². The summed E-state index contributed by atoms with van der Waals surface area (Å²) in [7, 11) is 0. The Kier molecular flexibility index (Phi) is 5.35. The third kappa shape index (κ3) is 3.90. The number of carbonyl (C=O) groups is 1. The van der Waals surface area contributed by atoms with Crippen molar-refractivity contribution in [1.82, 2.24) is 4.98 Å². The third-order valence-corrected chi connectivity index (χ3v) is 5.60. The number of para-hydroxylation sites is 1. The fourth-order valence-corrected chi connectivity index (χ4v) is 3.76. The number of hydrogen-bond donors (Lipinski definition) is 1. The minimum atomic E-state index is -0.207. The summed E-state index contributed by atoms with van der Waals surface area (Å²) in [6.07, 6.45) is 1.53. The zero-order valence-corrected chi connectivity index (χ0v) is 16.2. The van der Waals surface area contributed by atoms with Gasteiger partial charge < -0.3 is 15.4 Å². The Morgan fingerprint density at radius 3 is 2.64 bits per heavy atom. The van der Waals surface area contributed by atoms with Gasteiger partial charge in [0.25, 0.3) is 0 Å². The molecule has 1 aliphatic rings. The molecular weight excluding hydrogens is 374 g/mol. The highest BCUT2D eigenvalue weighted by Crippen LogP contribution is 2.29. The molecule has 1 aromatic heterocycles. The number of nitrogens with two attached hydrogens (primary N) is 1. The number of amides is 1. The summed E-state index contributed by atoms with van der Waals surface area (Å²) in [5.74, 6) is 1.38. The van der Waals surface area contributed by atoms with Crippen LogP contribution in [0.5, 0.6) is 5.75 Å². The van der Waals surface area contributed by atoms with E-state index in [4.69, 9.17) is 27.1 Å². The molecule has 1 fully saturated rings. The number of anilines is 1. The van der Waals surface area contributed by atoms with Crippen LogP contribution >= 0.6 is 11.6 Å². The monoisotopic (exact) mass is 395 g/mol. The minimum absolute atomic E-state index is 0.0359. The number of carbonyl (C=O) groups excluding carboxylic acids is 1. The number of pyridine rings is 1. The lowest BCUT2D eigenvalue weighted by atomic mass is 9.96. The molecule has 2 aromatic carbocycles. The molecule has 0 spiro atoms. The molecule has 4 rings (SSSR count). The van der Waals surface area contributed by atoms with Crippen molar-refractivity contribution in [3.05, 3.63) is 65.2 Å². The van der Waals surface area contributed by atoms with Crippen LogP contribution in [0.2, 0.25) is 5.02 Å². The maximum Gasteiger partial charge on any atom is 0.220 e. The van der Waals surface area contributed by atoms with Crippen LogP contribution in [-0.2, 0) is 11.4 Å². The van der Waals surface area contributed by atoms with Gasteiger partial charge in [-0.15, -0.1) is 0 Å². The highest BCUT2D eigenvalue weighted by Gasteiger charge is 2.24. The first-order valence-electron chi connectivity index (χ1n) is 9.42. The molecule has 3 aromatic rings. The largest absolute Gasteiger partial charge is 0.487 e. The van der Waals surface area contributed by atoms with E-state index in [-0.39, 0.29) is 11.8 Å². The summed E-state index contributed by atoms with van der Waals surface area (Å²) in [4.78, 5) is 18.4. The zero-order chi connectivity index (χ0) is 19.5. The molecule has 5 nitrogen and oxygen atoms in total. The number of piperidine rings is 1. The van der Waals surface area contributed by atoms with Crippen LogP contribution in [-0.4, -0.2) is 24.0 Å². The van der Waals surface area contributed by atoms with E-state index in [0.29, 0.717) is 11.6 Å². The Labute approximate surface area is 169 Å². The predicted molar refractivity (Wildman–Crippen MR) is 112 cm³/mol. The van der Waals surface area contributed by atoms with Crippen molar-refractivity contribution >= 4 is 34.2 Å². The van der Waals surface area contributed by atoms with Gasteiger partial charge in [0.15, 0.2) is 0 Å². The van der Waals surface area contributed by atoms with Gasteiger partial charge in [0.2, 0.25) is 5.91 Å². The summed E-state index contributed by atoms with van der Waals surface area (Å²) in [5.41, 5.74) is 7.20. The Bertz CT molecular complexity index is 1000. The van der Waals surface area contributed by atoms with Gasteiger partial charge in [0, 0.05) is 35.0 Å². The molecule has 0 radical (unpaired) electrons. The van der Waals surface area contributed by atoms with Gasteiger partial charge in [-0.1, -0.05) is 41.9 Å². The van der Waals surface area contributed by atoms with E-state index in [1.807, 2.05) is 48.5 Å². The normalized spacial score (nSPS) is 15.0. The first-order valence-corrected chi connectivity index (χ1v) is 9.80. The van der Waals surface area contributed by atoms with Crippen LogP contribution in [0.3, 0.4) is 0 Å². The molecule has 1 amide bonds. The SMILES string of the molecule is NC(=O)C1CCN(c2ccc3cccc(OCc4ccccc4Cl)c3n2)CC1. The number of fused-ring (bicyclic) bond motifs is 1. The van der Waals surface area contributed by atoms with Gasteiger partial charge in [0.1, 0.15) is 23.7 Å². The van der Waals surface area contributed by atoms with E-state index in [9.17, 15) is 4.79 Å². The van der Waals surface area contributed by atoms with E-state index in [1.165, 1.54) is 0 Å². The van der Waals surface area contributed by atoms with Crippen molar-refractivity contribution in [2.24, 2.45) is 11.7 Å². The lowest BCUT2D eigenvalue weighted by Crippen LogP contribution is -2.38. The van der Waals surface area contributed by atoms with E-state index in [2.05, 4.69) is 11.0 Å². The Morgan fingerprint density at radius 1 is 1.11 bits per heavy atom. The number of hydrogen-bond acceptors (Lipinski definition) is 4. The molecule has 0 saturated carbocycles. The molecule has 2 heterocycles. The van der Waals surface area contributed by atoms with Crippen LogP contribution in [0.4, 0.5) is 5.82 Å². The predicted octanol–water partition coefficient (Wildman–Crippen LogP) is 4.17. The third-order valence-electron chi connectivity index (χ3n) is 5.23. The van der Waals surface area contributed by atoms with Crippen molar-refractivity contribution in [2.45, 2.75) is 19.4 Å². The van der Waals surface area contributed by atoms with Gasteiger partial charge >= 0.3 is 0 Å². The van der Waals surface area contributed by atoms with Crippen LogP contribution < -0.4 is 15.4 Å². The minimum Gasteiger partial charge on any atom is -0.487 e. The molecule has 0 bridgehead atoms.